The SMILES string of the molecule is CCCCS/C=C(\C(C)=O)c1nc2ccccc2o1. The van der Waals surface area contributed by atoms with Gasteiger partial charge in [0.1, 0.15) is 5.52 Å². The van der Waals surface area contributed by atoms with Crippen LogP contribution in [0.2, 0.25) is 0 Å². The molecule has 4 heteroatoms. The van der Waals surface area contributed by atoms with Crippen molar-refractivity contribution in [2.75, 3.05) is 5.75 Å². The number of rotatable bonds is 6. The molecule has 0 aliphatic heterocycles. The van der Waals surface area contributed by atoms with Crippen molar-refractivity contribution < 1.29 is 9.21 Å². The standard InChI is InChI=1S/C15H17NO2S/c1-3-4-9-19-10-12(11(2)17)15-16-13-7-5-6-8-14(13)18-15/h5-8,10H,3-4,9H2,1-2H3/b12-10+. The van der Waals surface area contributed by atoms with E-state index in [4.69, 9.17) is 4.42 Å². The summed E-state index contributed by atoms with van der Waals surface area (Å²) in [5.41, 5.74) is 2.05. The van der Waals surface area contributed by atoms with Gasteiger partial charge in [-0.2, -0.15) is 0 Å². The van der Waals surface area contributed by atoms with Gasteiger partial charge < -0.3 is 4.42 Å². The lowest BCUT2D eigenvalue weighted by Gasteiger charge is -1.98. The Labute approximate surface area is 117 Å². The molecule has 0 aliphatic rings. The van der Waals surface area contributed by atoms with Crippen LogP contribution in [-0.4, -0.2) is 16.5 Å². The zero-order valence-electron chi connectivity index (χ0n) is 11.2. The number of oxazole rings is 1. The molecule has 0 bridgehead atoms. The fraction of sp³-hybridized carbons (Fsp3) is 0.333. The summed E-state index contributed by atoms with van der Waals surface area (Å²) in [5, 5.41) is 1.86. The van der Waals surface area contributed by atoms with Gasteiger partial charge in [-0.3, -0.25) is 4.79 Å². The average molecular weight is 275 g/mol. The number of thioether (sulfide) groups is 1. The van der Waals surface area contributed by atoms with Gasteiger partial charge in [0.25, 0.3) is 0 Å². The smallest absolute Gasteiger partial charge is 0.231 e. The Kier molecular flexibility index (Phi) is 4.80. The summed E-state index contributed by atoms with van der Waals surface area (Å²) in [4.78, 5) is 16.1. The van der Waals surface area contributed by atoms with Crippen molar-refractivity contribution in [3.63, 3.8) is 0 Å². The van der Waals surface area contributed by atoms with E-state index < -0.39 is 0 Å². The topological polar surface area (TPSA) is 43.1 Å². The summed E-state index contributed by atoms with van der Waals surface area (Å²) in [6.45, 7) is 3.69. The summed E-state index contributed by atoms with van der Waals surface area (Å²) < 4.78 is 5.63. The van der Waals surface area contributed by atoms with Gasteiger partial charge in [-0.15, -0.1) is 11.8 Å². The van der Waals surface area contributed by atoms with Crippen LogP contribution in [0.3, 0.4) is 0 Å². The van der Waals surface area contributed by atoms with E-state index in [1.807, 2.05) is 29.7 Å². The number of ketones is 1. The lowest BCUT2D eigenvalue weighted by atomic mass is 10.2. The fourth-order valence-corrected chi connectivity index (χ4v) is 2.65. The second-order valence-corrected chi connectivity index (χ2v) is 5.28. The predicted octanol–water partition coefficient (Wildman–Crippen LogP) is 4.29. The van der Waals surface area contributed by atoms with Crippen molar-refractivity contribution in [1.29, 1.82) is 0 Å². The molecular weight excluding hydrogens is 258 g/mol. The van der Waals surface area contributed by atoms with Crippen LogP contribution < -0.4 is 0 Å². The second-order valence-electron chi connectivity index (χ2n) is 4.30. The highest BCUT2D eigenvalue weighted by Gasteiger charge is 2.14. The summed E-state index contributed by atoms with van der Waals surface area (Å²) in [7, 11) is 0. The zero-order valence-corrected chi connectivity index (χ0v) is 12.0. The first-order chi connectivity index (χ1) is 9.22. The maximum absolute atomic E-state index is 11.7. The maximum Gasteiger partial charge on any atom is 0.231 e. The normalized spacial score (nSPS) is 12.0. The van der Waals surface area contributed by atoms with E-state index in [0.29, 0.717) is 17.0 Å². The monoisotopic (exact) mass is 275 g/mol. The van der Waals surface area contributed by atoms with Crippen LogP contribution in [0.5, 0.6) is 0 Å². The van der Waals surface area contributed by atoms with Crippen molar-refractivity contribution in [3.05, 3.63) is 35.6 Å². The molecule has 1 heterocycles. The van der Waals surface area contributed by atoms with Crippen LogP contribution in [0.1, 0.15) is 32.6 Å². The van der Waals surface area contributed by atoms with E-state index in [9.17, 15) is 4.79 Å². The number of nitrogens with zero attached hydrogens (tertiary/aromatic N) is 1. The molecule has 0 saturated heterocycles. The molecule has 2 aromatic rings. The molecule has 0 radical (unpaired) electrons. The second kappa shape index (κ2) is 6.57. The minimum atomic E-state index is -0.0180. The number of fused-ring (bicyclic) bond motifs is 1. The van der Waals surface area contributed by atoms with E-state index in [2.05, 4.69) is 11.9 Å². The summed E-state index contributed by atoms with van der Waals surface area (Å²) in [6.07, 6.45) is 2.29. The van der Waals surface area contributed by atoms with Crippen molar-refractivity contribution in [2.45, 2.75) is 26.7 Å². The van der Waals surface area contributed by atoms with Gasteiger partial charge in [0, 0.05) is 0 Å². The molecule has 2 rings (SSSR count). The van der Waals surface area contributed by atoms with Gasteiger partial charge in [-0.05, 0) is 36.6 Å². The Morgan fingerprint density at radius 3 is 2.89 bits per heavy atom. The highest BCUT2D eigenvalue weighted by molar-refractivity contribution is 8.02. The van der Waals surface area contributed by atoms with E-state index >= 15 is 0 Å². The maximum atomic E-state index is 11.7. The minimum Gasteiger partial charge on any atom is -0.436 e. The third-order valence-electron chi connectivity index (χ3n) is 2.72. The number of hydrogen-bond acceptors (Lipinski definition) is 4. The van der Waals surface area contributed by atoms with E-state index in [1.54, 1.807) is 18.7 Å². The Bertz CT molecular complexity index is 568. The summed E-state index contributed by atoms with van der Waals surface area (Å²) in [6, 6.07) is 7.53. The quantitative estimate of drug-likeness (QED) is 0.582. The van der Waals surface area contributed by atoms with Crippen LogP contribution >= 0.6 is 11.8 Å². The fourth-order valence-electron chi connectivity index (χ4n) is 1.64. The van der Waals surface area contributed by atoms with Gasteiger partial charge in [0.2, 0.25) is 5.89 Å². The molecule has 1 aromatic heterocycles. The lowest BCUT2D eigenvalue weighted by Crippen LogP contribution is -1.95. The number of benzene rings is 1. The molecule has 0 amide bonds. The van der Waals surface area contributed by atoms with E-state index in [1.165, 1.54) is 0 Å². The molecule has 19 heavy (non-hydrogen) atoms. The number of carbonyl (C=O) groups excluding carboxylic acids is 1. The van der Waals surface area contributed by atoms with Gasteiger partial charge in [0.05, 0.1) is 5.57 Å². The first-order valence-electron chi connectivity index (χ1n) is 6.41. The molecule has 0 fully saturated rings. The predicted molar refractivity (Wildman–Crippen MR) is 80.0 cm³/mol. The van der Waals surface area contributed by atoms with Crippen LogP contribution in [0, 0.1) is 0 Å². The lowest BCUT2D eigenvalue weighted by molar-refractivity contribution is -0.111. The summed E-state index contributed by atoms with van der Waals surface area (Å²) >= 11 is 1.64. The third-order valence-corrected chi connectivity index (χ3v) is 3.65. The van der Waals surface area contributed by atoms with Crippen LogP contribution in [-0.2, 0) is 4.79 Å². The Morgan fingerprint density at radius 1 is 1.42 bits per heavy atom. The third kappa shape index (κ3) is 3.47. The molecule has 0 unspecified atom stereocenters. The van der Waals surface area contributed by atoms with Gasteiger partial charge in [-0.25, -0.2) is 4.98 Å². The number of Topliss-reactive ketones (excluding diaryl/α,β-unsaturated/α-hetero) is 1. The van der Waals surface area contributed by atoms with Crippen molar-refractivity contribution >= 4 is 34.2 Å². The molecular formula is C15H17NO2S. The van der Waals surface area contributed by atoms with Crippen LogP contribution in [0.25, 0.3) is 16.7 Å². The van der Waals surface area contributed by atoms with Crippen molar-refractivity contribution in [2.24, 2.45) is 0 Å². The van der Waals surface area contributed by atoms with Crippen LogP contribution in [0.15, 0.2) is 34.1 Å². The molecule has 3 nitrogen and oxygen atoms in total. The molecule has 100 valence electrons. The Morgan fingerprint density at radius 2 is 2.21 bits per heavy atom. The van der Waals surface area contributed by atoms with Gasteiger partial charge in [-0.1, -0.05) is 25.5 Å². The average Bonchev–Trinajstić information content (AvgIpc) is 2.81. The van der Waals surface area contributed by atoms with E-state index in [-0.39, 0.29) is 5.78 Å². The molecule has 1 aromatic carbocycles. The molecule has 0 spiro atoms. The van der Waals surface area contributed by atoms with Crippen molar-refractivity contribution in [3.8, 4) is 0 Å². The highest BCUT2D eigenvalue weighted by atomic mass is 32.2. The first kappa shape index (κ1) is 13.9. The minimum absolute atomic E-state index is 0.0180. The summed E-state index contributed by atoms with van der Waals surface area (Å²) in [5.74, 6) is 1.40. The van der Waals surface area contributed by atoms with Gasteiger partial charge >= 0.3 is 0 Å². The molecule has 0 saturated carbocycles. The zero-order chi connectivity index (χ0) is 13.7. The number of allylic oxidation sites excluding steroid dienone is 1. The van der Waals surface area contributed by atoms with Crippen LogP contribution in [0.4, 0.5) is 0 Å². The molecule has 0 N–H and O–H groups in total. The largest absolute Gasteiger partial charge is 0.436 e. The Hall–Kier alpha value is -1.55. The highest BCUT2D eigenvalue weighted by Crippen LogP contribution is 2.24. The Balaban J connectivity index is 2.25. The number of hydrogen-bond donors (Lipinski definition) is 0. The number of carbonyl (C=O) groups is 1. The molecule has 0 atom stereocenters. The number of aromatic nitrogens is 1. The number of para-hydroxylation sites is 2. The number of unbranched alkanes of at least 4 members (excludes halogenated alkanes) is 1. The first-order valence-corrected chi connectivity index (χ1v) is 7.46. The van der Waals surface area contributed by atoms with E-state index in [0.717, 1.165) is 24.1 Å². The van der Waals surface area contributed by atoms with Gasteiger partial charge in [0.15, 0.2) is 11.4 Å². The molecule has 0 aliphatic carbocycles. The van der Waals surface area contributed by atoms with Crippen molar-refractivity contribution in [1.82, 2.24) is 4.98 Å².